The highest BCUT2D eigenvalue weighted by molar-refractivity contribution is 7.13. The number of aromatic nitrogens is 2. The van der Waals surface area contributed by atoms with E-state index in [2.05, 4.69) is 9.97 Å². The van der Waals surface area contributed by atoms with Crippen molar-refractivity contribution in [1.29, 1.82) is 0 Å². The second-order valence-corrected chi connectivity index (χ2v) is 5.88. The summed E-state index contributed by atoms with van der Waals surface area (Å²) in [5.74, 6) is 0.555. The molecule has 0 aliphatic heterocycles. The summed E-state index contributed by atoms with van der Waals surface area (Å²) in [5.41, 5.74) is 4.39. The van der Waals surface area contributed by atoms with Crippen LogP contribution in [0.5, 0.6) is 5.75 Å². The predicted octanol–water partition coefficient (Wildman–Crippen LogP) is 5.19. The van der Waals surface area contributed by atoms with Crippen molar-refractivity contribution in [2.45, 2.75) is 0 Å². The van der Waals surface area contributed by atoms with E-state index in [9.17, 15) is 0 Å². The molecule has 0 atom stereocenters. The van der Waals surface area contributed by atoms with E-state index in [1.807, 2.05) is 18.2 Å². The molecule has 6 heteroatoms. The van der Waals surface area contributed by atoms with Crippen LogP contribution in [0.1, 0.15) is 0 Å². The molecular weight excluding hydrogens is 327 g/mol. The van der Waals surface area contributed by atoms with Crippen molar-refractivity contribution >= 4 is 34.5 Å². The maximum atomic E-state index is 6.30. The highest BCUT2D eigenvalue weighted by Crippen LogP contribution is 2.39. The van der Waals surface area contributed by atoms with E-state index < -0.39 is 0 Å². The van der Waals surface area contributed by atoms with Gasteiger partial charge >= 0.3 is 0 Å². The van der Waals surface area contributed by atoms with E-state index in [-0.39, 0.29) is 0 Å². The Bertz CT molecular complexity index is 758. The van der Waals surface area contributed by atoms with Gasteiger partial charge in [0.05, 0.1) is 28.2 Å². The van der Waals surface area contributed by atoms with Crippen molar-refractivity contribution in [1.82, 2.24) is 9.97 Å². The largest absolute Gasteiger partial charge is 0.495 e. The Morgan fingerprint density at radius 2 is 1.90 bits per heavy atom. The quantitative estimate of drug-likeness (QED) is 0.660. The molecule has 2 heterocycles. The highest BCUT2D eigenvalue weighted by atomic mass is 35.5. The zero-order chi connectivity index (χ0) is 14.8. The van der Waals surface area contributed by atoms with Gasteiger partial charge in [0.2, 0.25) is 0 Å². The van der Waals surface area contributed by atoms with Gasteiger partial charge in [0.25, 0.3) is 0 Å². The third kappa shape index (κ3) is 2.75. The van der Waals surface area contributed by atoms with Crippen LogP contribution in [0.15, 0.2) is 42.2 Å². The molecule has 0 bridgehead atoms. The van der Waals surface area contributed by atoms with Crippen LogP contribution in [0.2, 0.25) is 10.0 Å². The molecule has 0 radical (unpaired) electrons. The molecule has 0 spiro atoms. The van der Waals surface area contributed by atoms with Gasteiger partial charge in [-0.15, -0.1) is 11.3 Å². The molecule has 0 aliphatic carbocycles. The van der Waals surface area contributed by atoms with Crippen LogP contribution in [0.25, 0.3) is 21.7 Å². The van der Waals surface area contributed by atoms with Crippen LogP contribution in [0, 0.1) is 0 Å². The molecule has 0 N–H and O–H groups in total. The Balaban J connectivity index is 2.00. The summed E-state index contributed by atoms with van der Waals surface area (Å²) in [5, 5.41) is 0.867. The monoisotopic (exact) mass is 336 g/mol. The fraction of sp³-hybridized carbons (Fsp3) is 0.0667. The molecule has 3 aromatic rings. The summed E-state index contributed by atoms with van der Waals surface area (Å²) in [6.07, 6.45) is 3.57. The van der Waals surface area contributed by atoms with Gasteiger partial charge in [0.15, 0.2) is 0 Å². The molecule has 0 aliphatic rings. The Labute approximate surface area is 136 Å². The average molecular weight is 337 g/mol. The van der Waals surface area contributed by atoms with Gasteiger partial charge in [-0.25, -0.2) is 0 Å². The normalized spacial score (nSPS) is 10.6. The molecule has 0 unspecified atom stereocenters. The van der Waals surface area contributed by atoms with Gasteiger partial charge in [0.1, 0.15) is 10.8 Å². The lowest BCUT2D eigenvalue weighted by molar-refractivity contribution is 0.415. The third-order valence-corrected chi connectivity index (χ3v) is 4.69. The second-order valence-electron chi connectivity index (χ2n) is 4.24. The Kier molecular flexibility index (Phi) is 4.10. The maximum absolute atomic E-state index is 6.30. The van der Waals surface area contributed by atoms with Gasteiger partial charge in [-0.3, -0.25) is 9.97 Å². The number of thiazole rings is 1. The summed E-state index contributed by atoms with van der Waals surface area (Å²) >= 11 is 14.0. The molecule has 0 fully saturated rings. The molecule has 0 saturated carbocycles. The zero-order valence-corrected chi connectivity index (χ0v) is 13.3. The number of ether oxygens (including phenoxy) is 1. The van der Waals surface area contributed by atoms with E-state index in [0.29, 0.717) is 15.8 Å². The Hall–Kier alpha value is -1.62. The Morgan fingerprint density at radius 3 is 2.52 bits per heavy atom. The van der Waals surface area contributed by atoms with Crippen LogP contribution >= 0.6 is 34.5 Å². The summed E-state index contributed by atoms with van der Waals surface area (Å²) < 4.78 is 5.15. The smallest absolute Gasteiger partial charge is 0.139 e. The first-order valence-electron chi connectivity index (χ1n) is 6.08. The number of rotatable bonds is 3. The first-order valence-corrected chi connectivity index (χ1v) is 7.71. The van der Waals surface area contributed by atoms with Crippen molar-refractivity contribution in [2.75, 3.05) is 7.11 Å². The van der Waals surface area contributed by atoms with Gasteiger partial charge in [-0.2, -0.15) is 0 Å². The molecule has 0 amide bonds. The van der Waals surface area contributed by atoms with Gasteiger partial charge in [-0.1, -0.05) is 29.3 Å². The van der Waals surface area contributed by atoms with E-state index in [1.165, 1.54) is 0 Å². The van der Waals surface area contributed by atoms with Gasteiger partial charge in [0, 0.05) is 23.5 Å². The van der Waals surface area contributed by atoms with Crippen LogP contribution in [-0.4, -0.2) is 17.1 Å². The first-order chi connectivity index (χ1) is 10.2. The van der Waals surface area contributed by atoms with Gasteiger partial charge < -0.3 is 4.74 Å². The van der Waals surface area contributed by atoms with Crippen molar-refractivity contribution in [3.8, 4) is 27.4 Å². The maximum Gasteiger partial charge on any atom is 0.139 e. The van der Waals surface area contributed by atoms with Crippen LogP contribution in [0.3, 0.4) is 0 Å². The minimum Gasteiger partial charge on any atom is -0.495 e. The molecule has 106 valence electrons. The Morgan fingerprint density at radius 1 is 1.05 bits per heavy atom. The van der Waals surface area contributed by atoms with E-state index >= 15 is 0 Å². The minimum atomic E-state index is 0.406. The van der Waals surface area contributed by atoms with Crippen molar-refractivity contribution in [2.24, 2.45) is 0 Å². The molecule has 0 saturated heterocycles. The number of benzene rings is 1. The lowest BCUT2D eigenvalue weighted by atomic mass is 10.1. The molecule has 3 rings (SSSR count). The van der Waals surface area contributed by atoms with Crippen LogP contribution in [0.4, 0.5) is 0 Å². The highest BCUT2D eigenvalue weighted by Gasteiger charge is 2.12. The molecule has 2 aromatic heterocycles. The minimum absolute atomic E-state index is 0.406. The number of hydrogen-bond donors (Lipinski definition) is 0. The predicted molar refractivity (Wildman–Crippen MR) is 87.4 cm³/mol. The number of nitrogens with zero attached hydrogens (tertiary/aromatic N) is 2. The van der Waals surface area contributed by atoms with E-state index in [4.69, 9.17) is 27.9 Å². The van der Waals surface area contributed by atoms with Crippen LogP contribution < -0.4 is 4.74 Å². The van der Waals surface area contributed by atoms with E-state index in [0.717, 1.165) is 21.7 Å². The summed E-state index contributed by atoms with van der Waals surface area (Å²) in [4.78, 5) is 9.53. The molecular formula is C15H10Cl2N2OS. The lowest BCUT2D eigenvalue weighted by Crippen LogP contribution is -1.88. The first kappa shape index (κ1) is 14.3. The molecule has 21 heavy (non-hydrogen) atoms. The third-order valence-electron chi connectivity index (χ3n) is 3.03. The second kappa shape index (κ2) is 6.02. The summed E-state index contributed by atoms with van der Waals surface area (Å²) in [7, 11) is 1.56. The lowest BCUT2D eigenvalue weighted by Gasteiger charge is -2.10. The van der Waals surface area contributed by atoms with Crippen LogP contribution in [-0.2, 0) is 0 Å². The average Bonchev–Trinajstić information content (AvgIpc) is 3.05. The summed E-state index contributed by atoms with van der Waals surface area (Å²) in [6, 6.07) is 7.57. The van der Waals surface area contributed by atoms with Crippen molar-refractivity contribution in [3.63, 3.8) is 0 Å². The topological polar surface area (TPSA) is 35.0 Å². The van der Waals surface area contributed by atoms with Crippen molar-refractivity contribution in [3.05, 3.63) is 52.2 Å². The zero-order valence-electron chi connectivity index (χ0n) is 11.0. The van der Waals surface area contributed by atoms with Crippen molar-refractivity contribution < 1.29 is 4.74 Å². The number of halogens is 2. The SMILES string of the molecule is COc1ccc(-c2ccc(-c3cncs3)nc2)c(Cl)c1Cl. The molecule has 3 nitrogen and oxygen atoms in total. The van der Waals surface area contributed by atoms with Gasteiger partial charge in [-0.05, 0) is 18.2 Å². The molecule has 1 aromatic carbocycles. The number of hydrogen-bond acceptors (Lipinski definition) is 4. The fourth-order valence-electron chi connectivity index (χ4n) is 1.95. The standard InChI is InChI=1S/C15H10Cl2N2OS/c1-20-12-5-3-10(14(16)15(12)17)9-2-4-11(19-6-9)13-7-18-8-21-13/h2-8H,1H3. The number of pyridine rings is 1. The summed E-state index contributed by atoms with van der Waals surface area (Å²) in [6.45, 7) is 0. The number of methoxy groups -OCH3 is 1. The fourth-order valence-corrected chi connectivity index (χ4v) is 3.06. The van der Waals surface area contributed by atoms with E-state index in [1.54, 1.807) is 42.4 Å².